The van der Waals surface area contributed by atoms with Gasteiger partial charge in [0.1, 0.15) is 11.6 Å². The summed E-state index contributed by atoms with van der Waals surface area (Å²) in [6, 6.07) is 13.7. The first kappa shape index (κ1) is 17.6. The van der Waals surface area contributed by atoms with E-state index < -0.39 is 0 Å². The molecule has 0 bridgehead atoms. The van der Waals surface area contributed by atoms with Crippen LogP contribution in [0.4, 0.5) is 4.39 Å². The van der Waals surface area contributed by atoms with Crippen molar-refractivity contribution in [2.45, 2.75) is 13.3 Å². The molecule has 0 aliphatic heterocycles. The van der Waals surface area contributed by atoms with Crippen LogP contribution in [0.2, 0.25) is 0 Å². The number of hydrogen-bond donors (Lipinski definition) is 1. The van der Waals surface area contributed by atoms with E-state index in [1.54, 1.807) is 31.4 Å². The highest BCUT2D eigenvalue weighted by Crippen LogP contribution is 2.33. The minimum atomic E-state index is -0.324. The molecule has 0 unspecified atom stereocenters. The number of para-hydroxylation sites is 1. The van der Waals surface area contributed by atoms with Crippen LogP contribution in [0.1, 0.15) is 23.7 Å². The molecule has 0 fully saturated rings. The molecule has 132 valence electrons. The van der Waals surface area contributed by atoms with Gasteiger partial charge in [-0.05, 0) is 36.3 Å². The van der Waals surface area contributed by atoms with Gasteiger partial charge in [-0.2, -0.15) is 5.10 Å². The molecule has 1 aromatic heterocycles. The van der Waals surface area contributed by atoms with Crippen molar-refractivity contribution in [3.05, 3.63) is 81.5 Å². The van der Waals surface area contributed by atoms with Gasteiger partial charge < -0.3 is 4.74 Å². The van der Waals surface area contributed by atoms with E-state index >= 15 is 0 Å². The number of ether oxygens (including phenoxy) is 1. The lowest BCUT2D eigenvalue weighted by Crippen LogP contribution is -2.16. The highest BCUT2D eigenvalue weighted by atomic mass is 19.1. The number of halogens is 1. The molecule has 0 spiro atoms. The van der Waals surface area contributed by atoms with Crippen LogP contribution < -0.4 is 10.3 Å². The maximum Gasteiger partial charge on any atom is 0.272 e. The van der Waals surface area contributed by atoms with E-state index in [2.05, 4.69) is 10.2 Å². The first-order valence-corrected chi connectivity index (χ1v) is 8.32. The Hall–Kier alpha value is -3.21. The Morgan fingerprint density at radius 1 is 1.15 bits per heavy atom. The number of hydrogen-bond acceptors (Lipinski definition) is 3. The second kappa shape index (κ2) is 7.78. The normalized spacial score (nSPS) is 11.0. The number of aryl methyl sites for hydroxylation is 1. The highest BCUT2D eigenvalue weighted by molar-refractivity contribution is 5.84. The van der Waals surface area contributed by atoms with Crippen LogP contribution in [0.15, 0.2) is 53.3 Å². The van der Waals surface area contributed by atoms with Crippen LogP contribution in [-0.4, -0.2) is 17.3 Å². The Bertz CT molecular complexity index is 1010. The summed E-state index contributed by atoms with van der Waals surface area (Å²) in [6.07, 6.45) is 4.05. The summed E-state index contributed by atoms with van der Waals surface area (Å²) in [5, 5.41) is 6.73. The largest absolute Gasteiger partial charge is 0.496 e. The molecule has 3 rings (SSSR count). The third-order valence-electron chi connectivity index (χ3n) is 4.10. The molecule has 3 aromatic rings. The van der Waals surface area contributed by atoms with Crippen molar-refractivity contribution in [2.75, 3.05) is 7.11 Å². The topological polar surface area (TPSA) is 55.0 Å². The number of H-pyrrole nitrogens is 1. The molecule has 5 heteroatoms. The van der Waals surface area contributed by atoms with Crippen LogP contribution in [0.3, 0.4) is 0 Å². The molecule has 1 N–H and O–H groups in total. The van der Waals surface area contributed by atoms with Crippen molar-refractivity contribution >= 4 is 12.2 Å². The predicted octanol–water partition coefficient (Wildman–Crippen LogP) is 4.32. The fourth-order valence-electron chi connectivity index (χ4n) is 2.86. The Labute approximate surface area is 151 Å². The Kier molecular flexibility index (Phi) is 5.27. The Morgan fingerprint density at radius 2 is 1.96 bits per heavy atom. The molecule has 0 saturated carbocycles. The fourth-order valence-corrected chi connectivity index (χ4v) is 2.86. The summed E-state index contributed by atoms with van der Waals surface area (Å²) < 4.78 is 18.9. The van der Waals surface area contributed by atoms with Gasteiger partial charge in [0.15, 0.2) is 0 Å². The number of aromatic nitrogens is 2. The number of nitrogens with zero attached hydrogens (tertiary/aromatic N) is 1. The monoisotopic (exact) mass is 350 g/mol. The molecule has 0 atom stereocenters. The van der Waals surface area contributed by atoms with E-state index in [1.807, 2.05) is 31.2 Å². The summed E-state index contributed by atoms with van der Waals surface area (Å²) in [7, 11) is 1.59. The van der Waals surface area contributed by atoms with Gasteiger partial charge in [-0.3, -0.25) is 4.79 Å². The molecule has 0 saturated heterocycles. The van der Waals surface area contributed by atoms with Crippen LogP contribution in [0.25, 0.3) is 23.3 Å². The average Bonchev–Trinajstić information content (AvgIpc) is 2.66. The molecule has 2 aromatic carbocycles. The number of aromatic amines is 1. The second-order valence-corrected chi connectivity index (χ2v) is 5.73. The molecule has 0 radical (unpaired) electrons. The number of benzene rings is 2. The minimum Gasteiger partial charge on any atom is -0.496 e. The smallest absolute Gasteiger partial charge is 0.272 e. The van der Waals surface area contributed by atoms with Crippen molar-refractivity contribution < 1.29 is 9.13 Å². The second-order valence-electron chi connectivity index (χ2n) is 5.73. The van der Waals surface area contributed by atoms with Crippen LogP contribution in [0, 0.1) is 5.82 Å². The Morgan fingerprint density at radius 3 is 2.69 bits per heavy atom. The minimum absolute atomic E-state index is 0.309. The molecule has 0 amide bonds. The van der Waals surface area contributed by atoms with Crippen molar-refractivity contribution in [3.63, 3.8) is 0 Å². The molecule has 4 nitrogen and oxygen atoms in total. The number of nitrogens with one attached hydrogen (secondary N) is 1. The maximum atomic E-state index is 13.4. The van der Waals surface area contributed by atoms with Crippen molar-refractivity contribution in [1.29, 1.82) is 0 Å². The van der Waals surface area contributed by atoms with Gasteiger partial charge in [-0.15, -0.1) is 0 Å². The SMILES string of the molecule is CCc1n[nH]c(=O)c(C=Cc2cccc(F)c2)c1-c1ccccc1OC. The van der Waals surface area contributed by atoms with Crippen molar-refractivity contribution in [1.82, 2.24) is 10.2 Å². The molecule has 0 aliphatic rings. The van der Waals surface area contributed by atoms with E-state index in [-0.39, 0.29) is 11.4 Å². The van der Waals surface area contributed by atoms with E-state index in [0.717, 1.165) is 16.8 Å². The summed E-state index contributed by atoms with van der Waals surface area (Å²) >= 11 is 0. The first-order valence-electron chi connectivity index (χ1n) is 8.32. The van der Waals surface area contributed by atoms with Gasteiger partial charge in [-0.1, -0.05) is 43.3 Å². The molecule has 1 heterocycles. The summed E-state index contributed by atoms with van der Waals surface area (Å²) in [4.78, 5) is 12.5. The van der Waals surface area contributed by atoms with Gasteiger partial charge in [0, 0.05) is 11.1 Å². The van der Waals surface area contributed by atoms with Gasteiger partial charge in [0.05, 0.1) is 18.4 Å². The van der Waals surface area contributed by atoms with Crippen LogP contribution >= 0.6 is 0 Å². The zero-order valence-electron chi connectivity index (χ0n) is 14.6. The van der Waals surface area contributed by atoms with Crippen LogP contribution in [0.5, 0.6) is 5.75 Å². The average molecular weight is 350 g/mol. The van der Waals surface area contributed by atoms with E-state index in [1.165, 1.54) is 12.1 Å². The van der Waals surface area contributed by atoms with Gasteiger partial charge in [0.25, 0.3) is 5.56 Å². The highest BCUT2D eigenvalue weighted by Gasteiger charge is 2.16. The Balaban J connectivity index is 2.20. The third kappa shape index (κ3) is 3.57. The summed E-state index contributed by atoms with van der Waals surface area (Å²) in [5.74, 6) is 0.338. The lowest BCUT2D eigenvalue weighted by molar-refractivity contribution is 0.416. The molecular formula is C21H19FN2O2. The van der Waals surface area contributed by atoms with Crippen molar-refractivity contribution in [3.8, 4) is 16.9 Å². The number of rotatable bonds is 5. The maximum absolute atomic E-state index is 13.4. The lowest BCUT2D eigenvalue weighted by Gasteiger charge is -2.13. The van der Waals surface area contributed by atoms with Gasteiger partial charge in [0.2, 0.25) is 0 Å². The number of methoxy groups -OCH3 is 1. The fraction of sp³-hybridized carbons (Fsp3) is 0.143. The van der Waals surface area contributed by atoms with E-state index in [4.69, 9.17) is 4.74 Å². The van der Waals surface area contributed by atoms with Gasteiger partial charge >= 0.3 is 0 Å². The first-order chi connectivity index (χ1) is 12.6. The third-order valence-corrected chi connectivity index (χ3v) is 4.10. The van der Waals surface area contributed by atoms with E-state index in [9.17, 15) is 9.18 Å². The molecular weight excluding hydrogens is 331 g/mol. The zero-order chi connectivity index (χ0) is 18.5. The quantitative estimate of drug-likeness (QED) is 0.746. The molecule has 0 aliphatic carbocycles. The lowest BCUT2D eigenvalue weighted by atomic mass is 9.96. The van der Waals surface area contributed by atoms with Crippen molar-refractivity contribution in [2.24, 2.45) is 0 Å². The van der Waals surface area contributed by atoms with Crippen LogP contribution in [-0.2, 0) is 6.42 Å². The summed E-state index contributed by atoms with van der Waals surface area (Å²) in [5.41, 5.74) is 3.10. The zero-order valence-corrected chi connectivity index (χ0v) is 14.6. The standard InChI is InChI=1S/C21H19FN2O2/c1-3-18-20(16-9-4-5-10-19(16)26-2)17(21(25)24-23-18)12-11-14-7-6-8-15(22)13-14/h4-13H,3H2,1-2H3,(H,24,25). The molecule has 26 heavy (non-hydrogen) atoms. The van der Waals surface area contributed by atoms with E-state index in [0.29, 0.717) is 23.3 Å². The predicted molar refractivity (Wildman–Crippen MR) is 102 cm³/mol. The summed E-state index contributed by atoms with van der Waals surface area (Å²) in [6.45, 7) is 1.97. The van der Waals surface area contributed by atoms with Gasteiger partial charge in [-0.25, -0.2) is 9.49 Å².